The number of carbonyl (C=O) groups excluding carboxylic acids is 1. The minimum absolute atomic E-state index is 0.0760. The molecule has 0 aliphatic heterocycles. The molecule has 0 atom stereocenters. The lowest BCUT2D eigenvalue weighted by Crippen LogP contribution is -2.10. The van der Waals surface area contributed by atoms with Gasteiger partial charge in [-0.25, -0.2) is 0 Å². The number of hydrogen-bond donors (Lipinski definition) is 0. The van der Waals surface area contributed by atoms with Crippen molar-refractivity contribution in [3.8, 4) is 33.8 Å². The minimum atomic E-state index is -0.0760. The molecule has 0 amide bonds. The number of rotatable bonds is 6. The van der Waals surface area contributed by atoms with E-state index in [1.165, 1.54) is 0 Å². The number of ketones is 1. The van der Waals surface area contributed by atoms with E-state index in [0.717, 1.165) is 43.8 Å². The van der Waals surface area contributed by atoms with Crippen molar-refractivity contribution in [2.24, 2.45) is 0 Å². The van der Waals surface area contributed by atoms with Crippen LogP contribution in [0.3, 0.4) is 0 Å². The largest absolute Gasteiger partial charge is 0.496 e. The highest BCUT2D eigenvalue weighted by Crippen LogP contribution is 2.44. The predicted molar refractivity (Wildman–Crippen MR) is 155 cm³/mol. The minimum Gasteiger partial charge on any atom is -0.496 e. The van der Waals surface area contributed by atoms with Crippen LogP contribution in [-0.2, 0) is 0 Å². The van der Waals surface area contributed by atoms with Gasteiger partial charge in [0.2, 0.25) is 0 Å². The summed E-state index contributed by atoms with van der Waals surface area (Å²) in [5, 5.41) is 3.65. The van der Waals surface area contributed by atoms with Crippen LogP contribution >= 0.6 is 0 Å². The highest BCUT2D eigenvalue weighted by Gasteiger charge is 2.28. The topological polar surface area (TPSA) is 35.5 Å². The fraction of sp³-hybridized carbons (Fsp3) is 0.0571. The summed E-state index contributed by atoms with van der Waals surface area (Å²) < 4.78 is 11.8. The third-order valence-corrected chi connectivity index (χ3v) is 7.05. The van der Waals surface area contributed by atoms with Crippen molar-refractivity contribution in [1.82, 2.24) is 0 Å². The number of fused-ring (bicyclic) bond motifs is 2. The molecule has 0 bridgehead atoms. The Morgan fingerprint density at radius 3 is 1.26 bits per heavy atom. The third kappa shape index (κ3) is 3.89. The monoisotopic (exact) mass is 494 g/mol. The molecule has 0 N–H and O–H groups in total. The molecular formula is C35H26O3. The van der Waals surface area contributed by atoms with Gasteiger partial charge in [0.05, 0.1) is 14.2 Å². The zero-order chi connectivity index (χ0) is 26.1. The molecule has 0 heterocycles. The van der Waals surface area contributed by atoms with Gasteiger partial charge in [0, 0.05) is 22.3 Å². The molecule has 0 aliphatic rings. The van der Waals surface area contributed by atoms with Gasteiger partial charge in [-0.1, -0.05) is 109 Å². The molecular weight excluding hydrogens is 468 g/mol. The summed E-state index contributed by atoms with van der Waals surface area (Å²) in [4.78, 5) is 15.1. The normalized spacial score (nSPS) is 11.0. The zero-order valence-electron chi connectivity index (χ0n) is 21.3. The lowest BCUT2D eigenvalue weighted by Gasteiger charge is -2.21. The van der Waals surface area contributed by atoms with E-state index in [9.17, 15) is 0 Å². The van der Waals surface area contributed by atoms with Crippen molar-refractivity contribution < 1.29 is 14.3 Å². The Labute approximate surface area is 221 Å². The first kappa shape index (κ1) is 23.5. The molecule has 6 rings (SSSR count). The van der Waals surface area contributed by atoms with Crippen molar-refractivity contribution in [2.75, 3.05) is 14.2 Å². The summed E-state index contributed by atoms with van der Waals surface area (Å²) in [5.74, 6) is 1.24. The smallest absolute Gasteiger partial charge is 0.195 e. The summed E-state index contributed by atoms with van der Waals surface area (Å²) in [5.41, 5.74) is 4.63. The Balaban J connectivity index is 1.78. The van der Waals surface area contributed by atoms with Crippen molar-refractivity contribution in [3.63, 3.8) is 0 Å². The van der Waals surface area contributed by atoms with Gasteiger partial charge in [-0.2, -0.15) is 0 Å². The maximum atomic E-state index is 15.1. The maximum Gasteiger partial charge on any atom is 0.195 e. The van der Waals surface area contributed by atoms with E-state index in [4.69, 9.17) is 9.47 Å². The maximum absolute atomic E-state index is 15.1. The van der Waals surface area contributed by atoms with Crippen LogP contribution in [0.4, 0.5) is 0 Å². The number of hydrogen-bond acceptors (Lipinski definition) is 3. The van der Waals surface area contributed by atoms with Crippen molar-refractivity contribution >= 4 is 27.3 Å². The van der Waals surface area contributed by atoms with E-state index in [2.05, 4.69) is 0 Å². The summed E-state index contributed by atoms with van der Waals surface area (Å²) in [6.07, 6.45) is 0. The number of benzene rings is 6. The van der Waals surface area contributed by atoms with E-state index in [1.807, 2.05) is 121 Å². The average Bonchev–Trinajstić information content (AvgIpc) is 2.99. The molecule has 0 saturated heterocycles. The Bertz CT molecular complexity index is 1660. The molecule has 0 radical (unpaired) electrons. The second kappa shape index (κ2) is 9.87. The second-order valence-electron chi connectivity index (χ2n) is 9.16. The lowest BCUT2D eigenvalue weighted by atomic mass is 9.84. The molecule has 38 heavy (non-hydrogen) atoms. The van der Waals surface area contributed by atoms with Crippen LogP contribution in [0.2, 0.25) is 0 Å². The van der Waals surface area contributed by atoms with Crippen molar-refractivity contribution in [1.29, 1.82) is 0 Å². The lowest BCUT2D eigenvalue weighted by molar-refractivity contribution is 0.104. The Kier molecular flexibility index (Phi) is 6.11. The van der Waals surface area contributed by atoms with E-state index < -0.39 is 0 Å². The second-order valence-corrected chi connectivity index (χ2v) is 9.16. The Hall–Kier alpha value is -4.89. The molecule has 3 nitrogen and oxygen atoms in total. The van der Waals surface area contributed by atoms with E-state index in [0.29, 0.717) is 22.6 Å². The first-order valence-electron chi connectivity index (χ1n) is 12.6. The molecule has 6 aromatic carbocycles. The zero-order valence-corrected chi connectivity index (χ0v) is 21.3. The fourth-order valence-electron chi connectivity index (χ4n) is 5.35. The van der Waals surface area contributed by atoms with Crippen LogP contribution in [0.5, 0.6) is 11.5 Å². The first-order chi connectivity index (χ1) is 18.7. The van der Waals surface area contributed by atoms with Gasteiger partial charge in [-0.3, -0.25) is 4.79 Å². The predicted octanol–water partition coefficient (Wildman–Crippen LogP) is 8.58. The SMILES string of the molecule is COc1cc2ccccc2c(C(=O)c2c(-c3ccccc3)c(OC)cc3ccccc23)c1-c1ccccc1. The van der Waals surface area contributed by atoms with Crippen LogP contribution in [-0.4, -0.2) is 20.0 Å². The van der Waals surface area contributed by atoms with Crippen LogP contribution in [0.25, 0.3) is 43.8 Å². The molecule has 0 fully saturated rings. The highest BCUT2D eigenvalue weighted by molar-refractivity contribution is 6.28. The molecule has 184 valence electrons. The summed E-state index contributed by atoms with van der Waals surface area (Å²) >= 11 is 0. The summed E-state index contributed by atoms with van der Waals surface area (Å²) in [6, 6.07) is 39.9. The van der Waals surface area contributed by atoms with Gasteiger partial charge >= 0.3 is 0 Å². The average molecular weight is 495 g/mol. The van der Waals surface area contributed by atoms with Crippen LogP contribution in [0, 0.1) is 0 Å². The Morgan fingerprint density at radius 2 is 0.868 bits per heavy atom. The Morgan fingerprint density at radius 1 is 0.500 bits per heavy atom. The fourth-order valence-corrected chi connectivity index (χ4v) is 5.35. The summed E-state index contributed by atoms with van der Waals surface area (Å²) in [6.45, 7) is 0. The van der Waals surface area contributed by atoms with E-state index in [-0.39, 0.29) is 5.78 Å². The van der Waals surface area contributed by atoms with Crippen LogP contribution in [0.1, 0.15) is 15.9 Å². The number of methoxy groups -OCH3 is 2. The number of carbonyl (C=O) groups is 1. The quantitative estimate of drug-likeness (QED) is 0.218. The molecule has 0 spiro atoms. The molecule has 3 heteroatoms. The van der Waals surface area contributed by atoms with Gasteiger partial charge in [0.1, 0.15) is 11.5 Å². The van der Waals surface area contributed by atoms with E-state index in [1.54, 1.807) is 14.2 Å². The third-order valence-electron chi connectivity index (χ3n) is 7.05. The van der Waals surface area contributed by atoms with Gasteiger partial charge in [-0.05, 0) is 44.8 Å². The standard InChI is InChI=1S/C35H26O3/c1-37-29-21-25-17-9-11-19-27(25)33(31(29)23-13-5-3-6-14-23)35(36)34-28-20-12-10-18-26(28)22-30(38-2)32(34)24-15-7-4-8-16-24/h3-22H,1-2H3. The van der Waals surface area contributed by atoms with Gasteiger partial charge in [0.15, 0.2) is 5.78 Å². The van der Waals surface area contributed by atoms with Gasteiger partial charge in [-0.15, -0.1) is 0 Å². The molecule has 0 unspecified atom stereocenters. The first-order valence-corrected chi connectivity index (χ1v) is 12.6. The number of ether oxygens (including phenoxy) is 2. The van der Waals surface area contributed by atoms with Gasteiger partial charge in [0.25, 0.3) is 0 Å². The van der Waals surface area contributed by atoms with Crippen LogP contribution < -0.4 is 9.47 Å². The molecule has 0 saturated carbocycles. The molecule has 6 aromatic rings. The summed E-state index contributed by atoms with van der Waals surface area (Å²) in [7, 11) is 3.31. The highest BCUT2D eigenvalue weighted by atomic mass is 16.5. The molecule has 0 aliphatic carbocycles. The van der Waals surface area contributed by atoms with E-state index >= 15 is 4.79 Å². The van der Waals surface area contributed by atoms with Crippen molar-refractivity contribution in [2.45, 2.75) is 0 Å². The van der Waals surface area contributed by atoms with Crippen molar-refractivity contribution in [3.05, 3.63) is 132 Å². The molecule has 0 aromatic heterocycles. The van der Waals surface area contributed by atoms with Gasteiger partial charge < -0.3 is 9.47 Å². The van der Waals surface area contributed by atoms with Crippen LogP contribution in [0.15, 0.2) is 121 Å².